The van der Waals surface area contributed by atoms with Gasteiger partial charge in [-0.05, 0) is 59.5 Å². The summed E-state index contributed by atoms with van der Waals surface area (Å²) in [5, 5.41) is 5.55. The lowest BCUT2D eigenvalue weighted by Gasteiger charge is -2.35. The molecule has 4 amide bonds. The van der Waals surface area contributed by atoms with Crippen LogP contribution in [-0.4, -0.2) is 65.8 Å². The number of hydrogen-bond acceptors (Lipinski definition) is 6. The number of nitrogens with one attached hydrogen (secondary N) is 2. The minimum absolute atomic E-state index is 0.100. The van der Waals surface area contributed by atoms with E-state index in [0.29, 0.717) is 25.8 Å². The van der Waals surface area contributed by atoms with Gasteiger partial charge >= 0.3 is 6.09 Å². The molecule has 1 saturated heterocycles. The largest absolute Gasteiger partial charge is 0.449 e. The monoisotopic (exact) mass is 554 g/mol. The minimum atomic E-state index is -1.10. The molecular formula is C30H42N4O6. The molecule has 40 heavy (non-hydrogen) atoms. The summed E-state index contributed by atoms with van der Waals surface area (Å²) < 4.78 is 5.37. The first-order valence-corrected chi connectivity index (χ1v) is 14.3. The van der Waals surface area contributed by atoms with E-state index < -0.39 is 41.8 Å². The third-order valence-corrected chi connectivity index (χ3v) is 8.85. The molecule has 3 aliphatic rings. The van der Waals surface area contributed by atoms with Crippen molar-refractivity contribution in [3.05, 3.63) is 35.4 Å². The van der Waals surface area contributed by atoms with Gasteiger partial charge in [0, 0.05) is 6.54 Å². The van der Waals surface area contributed by atoms with Crippen molar-refractivity contribution < 1.29 is 28.7 Å². The molecule has 3 unspecified atom stereocenters. The van der Waals surface area contributed by atoms with Gasteiger partial charge in [0.25, 0.3) is 5.91 Å². The van der Waals surface area contributed by atoms with E-state index in [2.05, 4.69) is 24.5 Å². The van der Waals surface area contributed by atoms with E-state index in [1.807, 2.05) is 45.0 Å². The summed E-state index contributed by atoms with van der Waals surface area (Å²) in [6.45, 7) is 10.4. The van der Waals surface area contributed by atoms with E-state index in [-0.39, 0.29) is 48.0 Å². The number of carbonyl (C=O) groups is 5. The predicted octanol–water partition coefficient (Wildman–Crippen LogP) is 1.97. The number of piperidine rings is 1. The summed E-state index contributed by atoms with van der Waals surface area (Å²) >= 11 is 0. The Morgan fingerprint density at radius 2 is 1.70 bits per heavy atom. The second-order valence-corrected chi connectivity index (χ2v) is 12.5. The number of primary amides is 1. The van der Waals surface area contributed by atoms with Crippen LogP contribution in [0, 0.1) is 29.1 Å². The minimum Gasteiger partial charge on any atom is -0.449 e. The quantitative estimate of drug-likeness (QED) is 0.356. The molecule has 2 fully saturated rings. The van der Waals surface area contributed by atoms with Crippen molar-refractivity contribution in [1.82, 2.24) is 15.5 Å². The second kappa shape index (κ2) is 11.6. The SMILES string of the molecule is CCCC(NC(=O)[C@@H]1C2C(CN1C(=O)[C@@H](NC(=O)OCC(C)C)C1Cc3ccccc3C1)C2(C)C)C(=O)C(N)=O. The maximum Gasteiger partial charge on any atom is 0.407 e. The number of alkyl carbamates (subject to hydrolysis) is 1. The molecule has 0 aromatic heterocycles. The van der Waals surface area contributed by atoms with Crippen LogP contribution in [-0.2, 0) is 36.8 Å². The Kier molecular flexibility index (Phi) is 8.56. The Hall–Kier alpha value is -3.43. The maximum absolute atomic E-state index is 14.2. The van der Waals surface area contributed by atoms with Crippen molar-refractivity contribution in [1.29, 1.82) is 0 Å². The van der Waals surface area contributed by atoms with Crippen LogP contribution in [0.4, 0.5) is 4.79 Å². The molecule has 10 heteroatoms. The predicted molar refractivity (Wildman–Crippen MR) is 148 cm³/mol. The Bertz CT molecular complexity index is 1160. The summed E-state index contributed by atoms with van der Waals surface area (Å²) in [5.74, 6) is -2.83. The van der Waals surface area contributed by atoms with Gasteiger partial charge in [-0.1, -0.05) is 65.3 Å². The average Bonchev–Trinajstić information content (AvgIpc) is 3.28. The number of nitrogens with zero attached hydrogens (tertiary/aromatic N) is 1. The summed E-state index contributed by atoms with van der Waals surface area (Å²) in [4.78, 5) is 66.3. The van der Waals surface area contributed by atoms with Crippen molar-refractivity contribution >= 4 is 29.6 Å². The van der Waals surface area contributed by atoms with Crippen LogP contribution in [0.1, 0.15) is 58.6 Å². The number of Topliss-reactive ketones (excluding diaryl/α,β-unsaturated/α-hetero) is 1. The highest BCUT2D eigenvalue weighted by molar-refractivity contribution is 6.37. The molecule has 5 atom stereocenters. The van der Waals surface area contributed by atoms with Crippen LogP contribution < -0.4 is 16.4 Å². The standard InChI is InChI=1S/C30H42N4O6/c1-6-9-21(25(35)26(31)36)32-27(37)24-22-20(30(22,4)5)14-34(24)28(38)23(33-29(39)40-15-16(2)3)19-12-17-10-7-8-11-18(17)13-19/h7-8,10-11,16,19-24H,6,9,12-15H2,1-5H3,(H2,31,36)(H,32,37)(H,33,39)/t20?,21?,22?,23-,24-/m0/s1. The first kappa shape index (κ1) is 29.6. The fourth-order valence-electron chi connectivity index (χ4n) is 6.60. The molecule has 1 aromatic carbocycles. The summed E-state index contributed by atoms with van der Waals surface area (Å²) in [7, 11) is 0. The number of hydrogen-bond donors (Lipinski definition) is 3. The molecule has 2 aliphatic carbocycles. The number of nitrogens with two attached hydrogens (primary N) is 1. The Labute approximate surface area is 235 Å². The van der Waals surface area contributed by atoms with Crippen LogP contribution in [0.5, 0.6) is 0 Å². The molecule has 1 saturated carbocycles. The number of ketones is 1. The van der Waals surface area contributed by atoms with Crippen LogP contribution in [0.25, 0.3) is 0 Å². The van der Waals surface area contributed by atoms with E-state index in [0.717, 1.165) is 11.1 Å². The number of likely N-dealkylation sites (tertiary alicyclic amines) is 1. The van der Waals surface area contributed by atoms with Crippen molar-refractivity contribution in [2.75, 3.05) is 13.2 Å². The number of amides is 4. The van der Waals surface area contributed by atoms with E-state index in [1.54, 1.807) is 4.90 Å². The molecule has 1 heterocycles. The lowest BCUT2D eigenvalue weighted by atomic mass is 9.93. The van der Waals surface area contributed by atoms with Crippen LogP contribution in [0.2, 0.25) is 0 Å². The topological polar surface area (TPSA) is 148 Å². The fourth-order valence-corrected chi connectivity index (χ4v) is 6.60. The van der Waals surface area contributed by atoms with Crippen LogP contribution in [0.15, 0.2) is 24.3 Å². The fraction of sp³-hybridized carbons (Fsp3) is 0.633. The molecule has 10 nitrogen and oxygen atoms in total. The van der Waals surface area contributed by atoms with Gasteiger partial charge in [-0.3, -0.25) is 19.2 Å². The van der Waals surface area contributed by atoms with E-state index in [9.17, 15) is 24.0 Å². The van der Waals surface area contributed by atoms with Crippen molar-refractivity contribution in [2.24, 2.45) is 34.8 Å². The van der Waals surface area contributed by atoms with E-state index in [4.69, 9.17) is 10.5 Å². The van der Waals surface area contributed by atoms with E-state index in [1.165, 1.54) is 0 Å². The van der Waals surface area contributed by atoms with E-state index >= 15 is 0 Å². The molecular weight excluding hydrogens is 512 g/mol. The second-order valence-electron chi connectivity index (χ2n) is 12.5. The van der Waals surface area contributed by atoms with Gasteiger partial charge in [0.2, 0.25) is 17.6 Å². The van der Waals surface area contributed by atoms with Gasteiger partial charge in [0.1, 0.15) is 12.1 Å². The number of ether oxygens (including phenoxy) is 1. The number of rotatable bonds is 11. The molecule has 4 N–H and O–H groups in total. The highest BCUT2D eigenvalue weighted by atomic mass is 16.5. The van der Waals surface area contributed by atoms with Crippen molar-refractivity contribution in [3.63, 3.8) is 0 Å². The van der Waals surface area contributed by atoms with Gasteiger partial charge < -0.3 is 26.0 Å². The van der Waals surface area contributed by atoms with Gasteiger partial charge in [-0.2, -0.15) is 0 Å². The Balaban J connectivity index is 1.58. The third-order valence-electron chi connectivity index (χ3n) is 8.85. The molecule has 4 rings (SSSR count). The molecule has 0 bridgehead atoms. The molecule has 218 valence electrons. The molecule has 1 aliphatic heterocycles. The third kappa shape index (κ3) is 5.86. The zero-order chi connectivity index (χ0) is 29.4. The summed E-state index contributed by atoms with van der Waals surface area (Å²) in [5.41, 5.74) is 7.34. The number of carbonyl (C=O) groups excluding carboxylic acids is 5. The Morgan fingerprint density at radius 1 is 1.07 bits per heavy atom. The zero-order valence-corrected chi connectivity index (χ0v) is 24.1. The highest BCUT2D eigenvalue weighted by Gasteiger charge is 2.69. The summed E-state index contributed by atoms with van der Waals surface area (Å²) in [6.07, 6.45) is 1.39. The Morgan fingerprint density at radius 3 is 2.25 bits per heavy atom. The molecule has 1 aromatic rings. The van der Waals surface area contributed by atoms with Crippen LogP contribution in [0.3, 0.4) is 0 Å². The van der Waals surface area contributed by atoms with Gasteiger partial charge in [0.15, 0.2) is 0 Å². The lowest BCUT2D eigenvalue weighted by molar-refractivity contribution is -0.144. The summed E-state index contributed by atoms with van der Waals surface area (Å²) in [6, 6.07) is 5.21. The van der Waals surface area contributed by atoms with Crippen LogP contribution >= 0.6 is 0 Å². The highest BCUT2D eigenvalue weighted by Crippen LogP contribution is 2.65. The molecule has 0 radical (unpaired) electrons. The normalized spacial score (nSPS) is 24.1. The number of benzene rings is 1. The van der Waals surface area contributed by atoms with Gasteiger partial charge in [0.05, 0.1) is 12.6 Å². The smallest absolute Gasteiger partial charge is 0.407 e. The van der Waals surface area contributed by atoms with Crippen molar-refractivity contribution in [3.8, 4) is 0 Å². The zero-order valence-electron chi connectivity index (χ0n) is 24.1. The molecule has 0 spiro atoms. The average molecular weight is 555 g/mol. The van der Waals surface area contributed by atoms with Crippen molar-refractivity contribution in [2.45, 2.75) is 78.4 Å². The maximum atomic E-state index is 14.2. The first-order chi connectivity index (χ1) is 18.9. The van der Waals surface area contributed by atoms with Gasteiger partial charge in [-0.15, -0.1) is 0 Å². The lowest BCUT2D eigenvalue weighted by Crippen LogP contribution is -2.59. The van der Waals surface area contributed by atoms with Gasteiger partial charge in [-0.25, -0.2) is 4.79 Å². The first-order valence-electron chi connectivity index (χ1n) is 14.3. The number of fused-ring (bicyclic) bond motifs is 2.